The SMILES string of the molecule is CC1CCCC(NCCN2CCNC2=O)C1C. The minimum Gasteiger partial charge on any atom is -0.336 e. The Balaban J connectivity index is 1.69. The van der Waals surface area contributed by atoms with E-state index >= 15 is 0 Å². The highest BCUT2D eigenvalue weighted by Crippen LogP contribution is 2.29. The van der Waals surface area contributed by atoms with Crippen molar-refractivity contribution in [2.45, 2.75) is 39.2 Å². The summed E-state index contributed by atoms with van der Waals surface area (Å²) in [5.74, 6) is 1.59. The molecule has 2 aliphatic rings. The van der Waals surface area contributed by atoms with Gasteiger partial charge in [0.25, 0.3) is 0 Å². The topological polar surface area (TPSA) is 44.4 Å². The van der Waals surface area contributed by atoms with E-state index in [4.69, 9.17) is 0 Å². The summed E-state index contributed by atoms with van der Waals surface area (Å²) in [5, 5.41) is 6.46. The second kappa shape index (κ2) is 5.71. The van der Waals surface area contributed by atoms with E-state index in [1.54, 1.807) is 0 Å². The molecule has 2 amide bonds. The van der Waals surface area contributed by atoms with Crippen molar-refractivity contribution < 1.29 is 4.79 Å². The number of rotatable bonds is 4. The zero-order valence-electron chi connectivity index (χ0n) is 11.0. The van der Waals surface area contributed by atoms with Crippen LogP contribution in [-0.4, -0.2) is 43.2 Å². The van der Waals surface area contributed by atoms with Gasteiger partial charge in [-0.25, -0.2) is 4.79 Å². The molecule has 1 saturated carbocycles. The zero-order valence-corrected chi connectivity index (χ0v) is 11.0. The Morgan fingerprint density at radius 1 is 1.41 bits per heavy atom. The third-order valence-corrected chi connectivity index (χ3v) is 4.44. The van der Waals surface area contributed by atoms with Crippen LogP contribution in [0, 0.1) is 11.8 Å². The predicted molar refractivity (Wildman–Crippen MR) is 68.9 cm³/mol. The Bertz CT molecular complexity index is 269. The summed E-state index contributed by atoms with van der Waals surface area (Å²) in [6.45, 7) is 8.13. The average molecular weight is 239 g/mol. The van der Waals surface area contributed by atoms with Crippen LogP contribution in [0.25, 0.3) is 0 Å². The number of amides is 2. The van der Waals surface area contributed by atoms with Crippen molar-refractivity contribution in [2.24, 2.45) is 11.8 Å². The number of carbonyl (C=O) groups is 1. The molecule has 17 heavy (non-hydrogen) atoms. The van der Waals surface area contributed by atoms with Crippen molar-refractivity contribution in [3.63, 3.8) is 0 Å². The first-order valence-corrected chi connectivity index (χ1v) is 6.94. The molecule has 1 aliphatic heterocycles. The quantitative estimate of drug-likeness (QED) is 0.779. The molecule has 3 atom stereocenters. The first kappa shape index (κ1) is 12.7. The van der Waals surface area contributed by atoms with Crippen LogP contribution in [0.3, 0.4) is 0 Å². The van der Waals surface area contributed by atoms with E-state index in [1.165, 1.54) is 19.3 Å². The first-order chi connectivity index (χ1) is 8.18. The maximum atomic E-state index is 11.4. The summed E-state index contributed by atoms with van der Waals surface area (Å²) >= 11 is 0. The molecule has 3 unspecified atom stereocenters. The van der Waals surface area contributed by atoms with E-state index in [-0.39, 0.29) is 6.03 Å². The van der Waals surface area contributed by atoms with Crippen LogP contribution in [-0.2, 0) is 0 Å². The lowest BCUT2D eigenvalue weighted by atomic mass is 9.78. The fourth-order valence-corrected chi connectivity index (χ4v) is 2.98. The van der Waals surface area contributed by atoms with E-state index in [1.807, 2.05) is 4.90 Å². The van der Waals surface area contributed by atoms with Crippen LogP contribution in [0.5, 0.6) is 0 Å². The molecule has 0 spiro atoms. The minimum atomic E-state index is 0.0943. The van der Waals surface area contributed by atoms with Crippen LogP contribution < -0.4 is 10.6 Å². The van der Waals surface area contributed by atoms with E-state index < -0.39 is 0 Å². The lowest BCUT2D eigenvalue weighted by molar-refractivity contribution is 0.196. The molecule has 0 aromatic carbocycles. The predicted octanol–water partition coefficient (Wildman–Crippen LogP) is 1.43. The molecule has 2 rings (SSSR count). The van der Waals surface area contributed by atoms with E-state index in [2.05, 4.69) is 24.5 Å². The minimum absolute atomic E-state index is 0.0943. The Labute approximate surface area is 104 Å². The van der Waals surface area contributed by atoms with Gasteiger partial charge in [0, 0.05) is 32.2 Å². The second-order valence-electron chi connectivity index (χ2n) is 5.55. The summed E-state index contributed by atoms with van der Waals surface area (Å²) in [5.41, 5.74) is 0. The molecule has 1 aliphatic carbocycles. The zero-order chi connectivity index (χ0) is 12.3. The Hall–Kier alpha value is -0.770. The van der Waals surface area contributed by atoms with Gasteiger partial charge in [0.15, 0.2) is 0 Å². The van der Waals surface area contributed by atoms with Gasteiger partial charge in [-0.3, -0.25) is 0 Å². The van der Waals surface area contributed by atoms with E-state index in [0.717, 1.165) is 38.0 Å². The molecule has 2 N–H and O–H groups in total. The van der Waals surface area contributed by atoms with Gasteiger partial charge in [0.2, 0.25) is 0 Å². The molecular weight excluding hydrogens is 214 g/mol. The number of hydrogen-bond donors (Lipinski definition) is 2. The maximum Gasteiger partial charge on any atom is 0.317 e. The number of urea groups is 1. The van der Waals surface area contributed by atoms with Gasteiger partial charge in [0.05, 0.1) is 0 Å². The molecule has 1 saturated heterocycles. The molecule has 0 bridgehead atoms. The third kappa shape index (κ3) is 3.12. The first-order valence-electron chi connectivity index (χ1n) is 6.94. The molecule has 98 valence electrons. The lowest BCUT2D eigenvalue weighted by Gasteiger charge is -2.35. The molecule has 0 radical (unpaired) electrons. The molecule has 2 fully saturated rings. The summed E-state index contributed by atoms with van der Waals surface area (Å²) in [7, 11) is 0. The highest BCUT2D eigenvalue weighted by Gasteiger charge is 2.27. The van der Waals surface area contributed by atoms with Gasteiger partial charge in [0.1, 0.15) is 0 Å². The third-order valence-electron chi connectivity index (χ3n) is 4.44. The fraction of sp³-hybridized carbons (Fsp3) is 0.923. The number of nitrogens with zero attached hydrogens (tertiary/aromatic N) is 1. The van der Waals surface area contributed by atoms with Gasteiger partial charge in [-0.2, -0.15) is 0 Å². The molecule has 1 heterocycles. The second-order valence-corrected chi connectivity index (χ2v) is 5.55. The van der Waals surface area contributed by atoms with Crippen molar-refractivity contribution >= 4 is 6.03 Å². The van der Waals surface area contributed by atoms with Crippen molar-refractivity contribution in [1.29, 1.82) is 0 Å². The Kier molecular flexibility index (Phi) is 4.26. The van der Waals surface area contributed by atoms with Crippen molar-refractivity contribution in [1.82, 2.24) is 15.5 Å². The Morgan fingerprint density at radius 3 is 2.94 bits per heavy atom. The van der Waals surface area contributed by atoms with Gasteiger partial charge in [-0.05, 0) is 18.3 Å². The molecule has 0 aromatic rings. The number of hydrogen-bond acceptors (Lipinski definition) is 2. The average Bonchev–Trinajstić information content (AvgIpc) is 2.71. The summed E-state index contributed by atoms with van der Waals surface area (Å²) in [6.07, 6.45) is 4.00. The normalized spacial score (nSPS) is 33.9. The van der Waals surface area contributed by atoms with Gasteiger partial charge in [-0.15, -0.1) is 0 Å². The monoisotopic (exact) mass is 239 g/mol. The Morgan fingerprint density at radius 2 is 2.24 bits per heavy atom. The standard InChI is InChI=1S/C13H25N3O/c1-10-4-3-5-12(11(10)2)14-6-8-16-9-7-15-13(16)17/h10-12,14H,3-9H2,1-2H3,(H,15,17). The fourth-order valence-electron chi connectivity index (χ4n) is 2.98. The van der Waals surface area contributed by atoms with Crippen LogP contribution in [0.2, 0.25) is 0 Å². The highest BCUT2D eigenvalue weighted by molar-refractivity contribution is 5.76. The van der Waals surface area contributed by atoms with E-state index in [0.29, 0.717) is 6.04 Å². The van der Waals surface area contributed by atoms with Gasteiger partial charge < -0.3 is 15.5 Å². The van der Waals surface area contributed by atoms with E-state index in [9.17, 15) is 4.79 Å². The van der Waals surface area contributed by atoms with Crippen LogP contribution >= 0.6 is 0 Å². The van der Waals surface area contributed by atoms with Crippen LogP contribution in [0.1, 0.15) is 33.1 Å². The van der Waals surface area contributed by atoms with Crippen LogP contribution in [0.4, 0.5) is 4.79 Å². The summed E-state index contributed by atoms with van der Waals surface area (Å²) in [6, 6.07) is 0.737. The highest BCUT2D eigenvalue weighted by atomic mass is 16.2. The summed E-state index contributed by atoms with van der Waals surface area (Å²) in [4.78, 5) is 13.3. The number of carbonyl (C=O) groups excluding carboxylic acids is 1. The van der Waals surface area contributed by atoms with Gasteiger partial charge in [-0.1, -0.05) is 26.7 Å². The molecule has 4 nitrogen and oxygen atoms in total. The largest absolute Gasteiger partial charge is 0.336 e. The van der Waals surface area contributed by atoms with Crippen molar-refractivity contribution in [3.05, 3.63) is 0 Å². The van der Waals surface area contributed by atoms with Crippen molar-refractivity contribution in [2.75, 3.05) is 26.2 Å². The van der Waals surface area contributed by atoms with Crippen LogP contribution in [0.15, 0.2) is 0 Å². The molecular formula is C13H25N3O. The maximum absolute atomic E-state index is 11.4. The van der Waals surface area contributed by atoms with Gasteiger partial charge >= 0.3 is 6.03 Å². The molecule has 4 heteroatoms. The summed E-state index contributed by atoms with van der Waals surface area (Å²) < 4.78 is 0. The smallest absolute Gasteiger partial charge is 0.317 e. The lowest BCUT2D eigenvalue weighted by Crippen LogP contribution is -2.44. The van der Waals surface area contributed by atoms with Crippen molar-refractivity contribution in [3.8, 4) is 0 Å². The number of nitrogens with one attached hydrogen (secondary N) is 2. The molecule has 0 aromatic heterocycles.